The standard InChI is InChI=1S/C16H16N2O/c19-16(13-7-9-17-10-8-13)18-15-6-5-12-3-1-2-4-14(12)11-15/h5-11H,1-4H2,(H,18,19). The van der Waals surface area contributed by atoms with Gasteiger partial charge in [-0.05, 0) is 61.1 Å². The van der Waals surface area contributed by atoms with Crippen molar-refractivity contribution in [3.8, 4) is 0 Å². The quantitative estimate of drug-likeness (QED) is 0.891. The second-order valence-electron chi connectivity index (χ2n) is 4.88. The lowest BCUT2D eigenvalue weighted by Crippen LogP contribution is -2.12. The van der Waals surface area contributed by atoms with Gasteiger partial charge in [0, 0.05) is 23.6 Å². The van der Waals surface area contributed by atoms with Crippen LogP contribution in [-0.2, 0) is 12.8 Å². The number of aryl methyl sites for hydroxylation is 2. The Morgan fingerprint density at radius 1 is 1.00 bits per heavy atom. The number of nitrogens with one attached hydrogen (secondary N) is 1. The van der Waals surface area contributed by atoms with Crippen LogP contribution < -0.4 is 5.32 Å². The highest BCUT2D eigenvalue weighted by Crippen LogP contribution is 2.24. The monoisotopic (exact) mass is 252 g/mol. The molecule has 1 aromatic heterocycles. The summed E-state index contributed by atoms with van der Waals surface area (Å²) in [6.07, 6.45) is 8.05. The lowest BCUT2D eigenvalue weighted by molar-refractivity contribution is 0.102. The predicted octanol–water partition coefficient (Wildman–Crippen LogP) is 3.21. The van der Waals surface area contributed by atoms with E-state index in [1.54, 1.807) is 24.5 Å². The zero-order chi connectivity index (χ0) is 13.1. The molecule has 1 aliphatic rings. The number of hydrogen-bond acceptors (Lipinski definition) is 2. The van der Waals surface area contributed by atoms with Crippen LogP contribution in [0.2, 0.25) is 0 Å². The summed E-state index contributed by atoms with van der Waals surface area (Å²) in [5.74, 6) is -0.0850. The number of rotatable bonds is 2. The van der Waals surface area contributed by atoms with E-state index in [4.69, 9.17) is 0 Å². The van der Waals surface area contributed by atoms with Gasteiger partial charge in [-0.2, -0.15) is 0 Å². The molecular weight excluding hydrogens is 236 g/mol. The van der Waals surface area contributed by atoms with Gasteiger partial charge in [0.2, 0.25) is 0 Å². The third kappa shape index (κ3) is 2.65. The molecule has 3 nitrogen and oxygen atoms in total. The average Bonchev–Trinajstić information content (AvgIpc) is 2.48. The molecule has 3 rings (SSSR count). The Morgan fingerprint density at radius 3 is 2.53 bits per heavy atom. The van der Waals surface area contributed by atoms with Crippen molar-refractivity contribution in [2.24, 2.45) is 0 Å². The largest absolute Gasteiger partial charge is 0.322 e. The van der Waals surface area contributed by atoms with Crippen LogP contribution in [0.1, 0.15) is 34.3 Å². The molecule has 2 aromatic rings. The molecule has 0 bridgehead atoms. The molecule has 0 radical (unpaired) electrons. The van der Waals surface area contributed by atoms with Gasteiger partial charge in [0.15, 0.2) is 0 Å². The molecule has 0 fully saturated rings. The average molecular weight is 252 g/mol. The fourth-order valence-electron chi connectivity index (χ4n) is 2.52. The predicted molar refractivity (Wildman–Crippen MR) is 75.3 cm³/mol. The highest BCUT2D eigenvalue weighted by molar-refractivity contribution is 6.04. The maximum absolute atomic E-state index is 12.0. The van der Waals surface area contributed by atoms with Crippen LogP contribution in [0.5, 0.6) is 0 Å². The number of benzene rings is 1. The number of pyridine rings is 1. The molecule has 0 unspecified atom stereocenters. The van der Waals surface area contributed by atoms with Crippen molar-refractivity contribution in [1.82, 2.24) is 4.98 Å². The molecule has 1 heterocycles. The van der Waals surface area contributed by atoms with Gasteiger partial charge in [0.1, 0.15) is 0 Å². The molecule has 0 saturated carbocycles. The van der Waals surface area contributed by atoms with Crippen molar-refractivity contribution in [2.75, 3.05) is 5.32 Å². The van der Waals surface area contributed by atoms with Crippen LogP contribution >= 0.6 is 0 Å². The van der Waals surface area contributed by atoms with Gasteiger partial charge in [-0.25, -0.2) is 0 Å². The molecule has 0 atom stereocenters. The lowest BCUT2D eigenvalue weighted by atomic mass is 9.91. The molecule has 0 spiro atoms. The highest BCUT2D eigenvalue weighted by Gasteiger charge is 2.11. The van der Waals surface area contributed by atoms with Crippen molar-refractivity contribution in [1.29, 1.82) is 0 Å². The second-order valence-corrected chi connectivity index (χ2v) is 4.88. The molecule has 96 valence electrons. The zero-order valence-corrected chi connectivity index (χ0v) is 10.7. The van der Waals surface area contributed by atoms with E-state index in [2.05, 4.69) is 22.4 Å². The van der Waals surface area contributed by atoms with E-state index < -0.39 is 0 Å². The number of aromatic nitrogens is 1. The van der Waals surface area contributed by atoms with E-state index in [-0.39, 0.29) is 5.91 Å². The Labute approximate surface area is 112 Å². The fraction of sp³-hybridized carbons (Fsp3) is 0.250. The molecule has 19 heavy (non-hydrogen) atoms. The van der Waals surface area contributed by atoms with E-state index in [0.717, 1.165) is 18.5 Å². The highest BCUT2D eigenvalue weighted by atomic mass is 16.1. The third-order valence-electron chi connectivity index (χ3n) is 3.55. The van der Waals surface area contributed by atoms with E-state index in [9.17, 15) is 4.79 Å². The van der Waals surface area contributed by atoms with E-state index in [1.807, 2.05) is 6.07 Å². The van der Waals surface area contributed by atoms with E-state index in [0.29, 0.717) is 5.56 Å². The van der Waals surface area contributed by atoms with Gasteiger partial charge in [-0.15, -0.1) is 0 Å². The Balaban J connectivity index is 1.78. The first kappa shape index (κ1) is 11.9. The summed E-state index contributed by atoms with van der Waals surface area (Å²) in [4.78, 5) is 16.0. The lowest BCUT2D eigenvalue weighted by Gasteiger charge is -2.16. The smallest absolute Gasteiger partial charge is 0.255 e. The van der Waals surface area contributed by atoms with E-state index >= 15 is 0 Å². The molecule has 0 aliphatic heterocycles. The minimum Gasteiger partial charge on any atom is -0.322 e. The van der Waals surface area contributed by atoms with Crippen molar-refractivity contribution >= 4 is 11.6 Å². The van der Waals surface area contributed by atoms with Crippen LogP contribution in [0.3, 0.4) is 0 Å². The number of carbonyl (C=O) groups is 1. The first-order valence-corrected chi connectivity index (χ1v) is 6.66. The van der Waals surface area contributed by atoms with Crippen LogP contribution in [0.4, 0.5) is 5.69 Å². The minimum atomic E-state index is -0.0850. The number of anilines is 1. The fourth-order valence-corrected chi connectivity index (χ4v) is 2.52. The van der Waals surface area contributed by atoms with Crippen molar-refractivity contribution in [2.45, 2.75) is 25.7 Å². The second kappa shape index (κ2) is 5.22. The van der Waals surface area contributed by atoms with Gasteiger partial charge < -0.3 is 5.32 Å². The summed E-state index contributed by atoms with van der Waals surface area (Å²) in [6.45, 7) is 0. The molecule has 1 aromatic carbocycles. The summed E-state index contributed by atoms with van der Waals surface area (Å²) in [7, 11) is 0. The van der Waals surface area contributed by atoms with Gasteiger partial charge >= 0.3 is 0 Å². The van der Waals surface area contributed by atoms with Gasteiger partial charge in [-0.3, -0.25) is 9.78 Å². The van der Waals surface area contributed by atoms with Crippen LogP contribution in [0.25, 0.3) is 0 Å². The van der Waals surface area contributed by atoms with Gasteiger partial charge in [0.05, 0.1) is 0 Å². The minimum absolute atomic E-state index is 0.0850. The Morgan fingerprint density at radius 2 is 1.74 bits per heavy atom. The maximum Gasteiger partial charge on any atom is 0.255 e. The Hall–Kier alpha value is -2.16. The normalized spacial score (nSPS) is 13.7. The SMILES string of the molecule is O=C(Nc1ccc2c(c1)CCCC2)c1ccncc1. The molecule has 1 N–H and O–H groups in total. The molecular formula is C16H16N2O. The molecule has 3 heteroatoms. The van der Waals surface area contributed by atoms with Crippen LogP contribution in [-0.4, -0.2) is 10.9 Å². The van der Waals surface area contributed by atoms with Crippen LogP contribution in [0, 0.1) is 0 Å². The van der Waals surface area contributed by atoms with Crippen LogP contribution in [0.15, 0.2) is 42.7 Å². The summed E-state index contributed by atoms with van der Waals surface area (Å²) < 4.78 is 0. The number of hydrogen-bond donors (Lipinski definition) is 1. The third-order valence-corrected chi connectivity index (χ3v) is 3.55. The zero-order valence-electron chi connectivity index (χ0n) is 10.7. The Kier molecular flexibility index (Phi) is 3.27. The first-order chi connectivity index (χ1) is 9.33. The van der Waals surface area contributed by atoms with Crippen molar-refractivity contribution in [3.63, 3.8) is 0 Å². The van der Waals surface area contributed by atoms with Gasteiger partial charge in [-0.1, -0.05) is 6.07 Å². The molecule has 1 aliphatic carbocycles. The Bertz CT molecular complexity index is 593. The maximum atomic E-state index is 12.0. The summed E-state index contributed by atoms with van der Waals surface area (Å²) in [5, 5.41) is 2.94. The molecule has 1 amide bonds. The van der Waals surface area contributed by atoms with E-state index in [1.165, 1.54) is 24.0 Å². The van der Waals surface area contributed by atoms with Gasteiger partial charge in [0.25, 0.3) is 5.91 Å². The summed E-state index contributed by atoms with van der Waals surface area (Å²) >= 11 is 0. The number of fused-ring (bicyclic) bond motifs is 1. The molecule has 0 saturated heterocycles. The van der Waals surface area contributed by atoms with Crippen molar-refractivity contribution in [3.05, 3.63) is 59.4 Å². The number of nitrogens with zero attached hydrogens (tertiary/aromatic N) is 1. The first-order valence-electron chi connectivity index (χ1n) is 6.66. The number of carbonyl (C=O) groups excluding carboxylic acids is 1. The summed E-state index contributed by atoms with van der Waals surface area (Å²) in [5.41, 5.74) is 4.31. The van der Waals surface area contributed by atoms with Crippen molar-refractivity contribution < 1.29 is 4.79 Å². The number of amides is 1. The topological polar surface area (TPSA) is 42.0 Å². The summed E-state index contributed by atoms with van der Waals surface area (Å²) in [6, 6.07) is 9.66.